The van der Waals surface area contributed by atoms with Crippen molar-refractivity contribution >= 4 is 5.69 Å². The van der Waals surface area contributed by atoms with Crippen LogP contribution >= 0.6 is 0 Å². The number of nitrogens with zero attached hydrogens (tertiary/aromatic N) is 1. The number of benzene rings is 1. The summed E-state index contributed by atoms with van der Waals surface area (Å²) in [6.07, 6.45) is 5.86. The largest absolute Gasteiger partial charge is 0.327 e. The third-order valence-electron chi connectivity index (χ3n) is 3.62. The molecule has 1 atom stereocenters. The zero-order valence-electron chi connectivity index (χ0n) is 9.84. The van der Waals surface area contributed by atoms with Gasteiger partial charge in [-0.1, -0.05) is 25.0 Å². The molecule has 4 nitrogen and oxygen atoms in total. The van der Waals surface area contributed by atoms with Crippen molar-refractivity contribution in [2.24, 2.45) is 11.7 Å². The highest BCUT2D eigenvalue weighted by Crippen LogP contribution is 2.28. The van der Waals surface area contributed by atoms with Crippen LogP contribution in [0, 0.1) is 16.0 Å². The summed E-state index contributed by atoms with van der Waals surface area (Å²) in [7, 11) is 0. The second kappa shape index (κ2) is 5.27. The summed E-state index contributed by atoms with van der Waals surface area (Å²) in [4.78, 5) is 10.2. The Kier molecular flexibility index (Phi) is 3.74. The summed E-state index contributed by atoms with van der Waals surface area (Å²) in [5, 5.41) is 10.5. The fourth-order valence-electron chi connectivity index (χ4n) is 2.58. The van der Waals surface area contributed by atoms with E-state index in [1.54, 1.807) is 12.1 Å². The molecule has 1 aromatic carbocycles. The molecule has 17 heavy (non-hydrogen) atoms. The zero-order chi connectivity index (χ0) is 12.3. The van der Waals surface area contributed by atoms with Crippen LogP contribution in [-0.4, -0.2) is 11.0 Å². The summed E-state index contributed by atoms with van der Waals surface area (Å²) in [5.74, 6) is 0.630. The van der Waals surface area contributed by atoms with Gasteiger partial charge in [-0.25, -0.2) is 0 Å². The molecule has 0 aliphatic heterocycles. The molecule has 1 aromatic rings. The fourth-order valence-corrected chi connectivity index (χ4v) is 2.58. The predicted octanol–water partition coefficient (Wildman–Crippen LogP) is 2.65. The summed E-state index contributed by atoms with van der Waals surface area (Å²) in [6.45, 7) is 0. The van der Waals surface area contributed by atoms with Crippen molar-refractivity contribution in [1.82, 2.24) is 0 Å². The van der Waals surface area contributed by atoms with Crippen LogP contribution in [0.5, 0.6) is 0 Å². The Morgan fingerprint density at radius 2 is 1.88 bits per heavy atom. The van der Waals surface area contributed by atoms with Crippen LogP contribution in [0.1, 0.15) is 31.2 Å². The van der Waals surface area contributed by atoms with E-state index in [0.717, 1.165) is 12.0 Å². The minimum absolute atomic E-state index is 0.142. The van der Waals surface area contributed by atoms with Gasteiger partial charge in [0, 0.05) is 18.2 Å². The molecule has 2 N–H and O–H groups in total. The first-order valence-corrected chi connectivity index (χ1v) is 6.16. The number of nitro benzene ring substituents is 1. The maximum atomic E-state index is 10.5. The number of nitro groups is 1. The summed E-state index contributed by atoms with van der Waals surface area (Å²) >= 11 is 0. The van der Waals surface area contributed by atoms with E-state index in [0.29, 0.717) is 5.92 Å². The molecular formula is C13H18N2O2. The third-order valence-corrected chi connectivity index (χ3v) is 3.62. The van der Waals surface area contributed by atoms with Gasteiger partial charge in [0.05, 0.1) is 4.92 Å². The minimum Gasteiger partial charge on any atom is -0.327 e. The summed E-state index contributed by atoms with van der Waals surface area (Å²) < 4.78 is 0. The van der Waals surface area contributed by atoms with E-state index in [-0.39, 0.29) is 16.7 Å². The first kappa shape index (κ1) is 12.0. The SMILES string of the molecule is NC(Cc1ccc([N+](=O)[O-])cc1)C1CCCC1. The Morgan fingerprint density at radius 1 is 1.29 bits per heavy atom. The molecule has 0 spiro atoms. The maximum Gasteiger partial charge on any atom is 0.269 e. The predicted molar refractivity (Wildman–Crippen MR) is 66.7 cm³/mol. The van der Waals surface area contributed by atoms with Gasteiger partial charge in [-0.15, -0.1) is 0 Å². The molecule has 0 amide bonds. The van der Waals surface area contributed by atoms with Crippen molar-refractivity contribution < 1.29 is 4.92 Å². The smallest absolute Gasteiger partial charge is 0.269 e. The Hall–Kier alpha value is -1.42. The van der Waals surface area contributed by atoms with Crippen LogP contribution in [0.25, 0.3) is 0 Å². The lowest BCUT2D eigenvalue weighted by Gasteiger charge is -2.18. The lowest BCUT2D eigenvalue weighted by molar-refractivity contribution is -0.384. The van der Waals surface area contributed by atoms with E-state index < -0.39 is 0 Å². The number of hydrogen-bond acceptors (Lipinski definition) is 3. The molecule has 1 saturated carbocycles. The fraction of sp³-hybridized carbons (Fsp3) is 0.538. The zero-order valence-corrected chi connectivity index (χ0v) is 9.84. The van der Waals surface area contributed by atoms with E-state index in [1.807, 2.05) is 12.1 Å². The number of non-ortho nitro benzene ring substituents is 1. The van der Waals surface area contributed by atoms with Gasteiger partial charge in [0.1, 0.15) is 0 Å². The molecule has 4 heteroatoms. The summed E-state index contributed by atoms with van der Waals surface area (Å²) in [5.41, 5.74) is 7.41. The van der Waals surface area contributed by atoms with Crippen LogP contribution in [0.15, 0.2) is 24.3 Å². The number of nitrogens with two attached hydrogens (primary N) is 1. The highest BCUT2D eigenvalue weighted by Gasteiger charge is 2.22. The van der Waals surface area contributed by atoms with Gasteiger partial charge in [-0.05, 0) is 30.7 Å². The maximum absolute atomic E-state index is 10.5. The Morgan fingerprint density at radius 3 is 2.41 bits per heavy atom. The van der Waals surface area contributed by atoms with Gasteiger partial charge in [0.15, 0.2) is 0 Å². The molecule has 0 aromatic heterocycles. The topological polar surface area (TPSA) is 69.2 Å². The van der Waals surface area contributed by atoms with Crippen LogP contribution < -0.4 is 5.73 Å². The standard InChI is InChI=1S/C13H18N2O2/c14-13(11-3-1-2-4-11)9-10-5-7-12(8-6-10)15(16)17/h5-8,11,13H,1-4,9,14H2. The van der Waals surface area contributed by atoms with Gasteiger partial charge < -0.3 is 5.73 Å². The molecule has 92 valence electrons. The second-order valence-corrected chi connectivity index (χ2v) is 4.84. The van der Waals surface area contributed by atoms with Gasteiger partial charge in [0.25, 0.3) is 5.69 Å². The quantitative estimate of drug-likeness (QED) is 0.643. The lowest BCUT2D eigenvalue weighted by atomic mass is 9.93. The van der Waals surface area contributed by atoms with Gasteiger partial charge in [0.2, 0.25) is 0 Å². The number of hydrogen-bond donors (Lipinski definition) is 1. The average molecular weight is 234 g/mol. The monoisotopic (exact) mass is 234 g/mol. The Bertz CT molecular complexity index is 383. The molecule has 0 radical (unpaired) electrons. The van der Waals surface area contributed by atoms with Crippen molar-refractivity contribution in [3.8, 4) is 0 Å². The lowest BCUT2D eigenvalue weighted by Crippen LogP contribution is -2.30. The molecule has 0 heterocycles. The Balaban J connectivity index is 1.96. The summed E-state index contributed by atoms with van der Waals surface area (Å²) in [6, 6.07) is 6.92. The second-order valence-electron chi connectivity index (χ2n) is 4.84. The van der Waals surface area contributed by atoms with Crippen molar-refractivity contribution in [3.05, 3.63) is 39.9 Å². The molecule has 1 aliphatic rings. The van der Waals surface area contributed by atoms with Crippen LogP contribution in [-0.2, 0) is 6.42 Å². The molecule has 1 unspecified atom stereocenters. The molecular weight excluding hydrogens is 216 g/mol. The molecule has 1 fully saturated rings. The van der Waals surface area contributed by atoms with E-state index in [2.05, 4.69) is 0 Å². The first-order valence-electron chi connectivity index (χ1n) is 6.16. The minimum atomic E-state index is -0.374. The molecule has 0 saturated heterocycles. The van der Waals surface area contributed by atoms with Crippen molar-refractivity contribution in [3.63, 3.8) is 0 Å². The highest BCUT2D eigenvalue weighted by molar-refractivity contribution is 5.33. The highest BCUT2D eigenvalue weighted by atomic mass is 16.6. The van der Waals surface area contributed by atoms with Crippen LogP contribution in [0.2, 0.25) is 0 Å². The van der Waals surface area contributed by atoms with Crippen LogP contribution in [0.3, 0.4) is 0 Å². The van der Waals surface area contributed by atoms with Gasteiger partial charge in [-0.3, -0.25) is 10.1 Å². The van der Waals surface area contributed by atoms with E-state index in [1.165, 1.54) is 25.7 Å². The molecule has 2 rings (SSSR count). The van der Waals surface area contributed by atoms with E-state index in [4.69, 9.17) is 5.73 Å². The first-order chi connectivity index (χ1) is 8.16. The average Bonchev–Trinajstić information content (AvgIpc) is 2.83. The number of rotatable bonds is 4. The molecule has 1 aliphatic carbocycles. The normalized spacial score (nSPS) is 18.2. The van der Waals surface area contributed by atoms with Crippen LogP contribution in [0.4, 0.5) is 5.69 Å². The van der Waals surface area contributed by atoms with Gasteiger partial charge >= 0.3 is 0 Å². The Labute approximate surface area is 101 Å². The third kappa shape index (κ3) is 3.03. The van der Waals surface area contributed by atoms with Gasteiger partial charge in [-0.2, -0.15) is 0 Å². The van der Waals surface area contributed by atoms with Crippen molar-refractivity contribution in [2.45, 2.75) is 38.1 Å². The van der Waals surface area contributed by atoms with E-state index >= 15 is 0 Å². The van der Waals surface area contributed by atoms with E-state index in [9.17, 15) is 10.1 Å². The van der Waals surface area contributed by atoms with Crippen molar-refractivity contribution in [1.29, 1.82) is 0 Å². The molecule has 0 bridgehead atoms. The van der Waals surface area contributed by atoms with Crippen molar-refractivity contribution in [2.75, 3.05) is 0 Å².